The lowest BCUT2D eigenvalue weighted by molar-refractivity contribution is -0.138. The topological polar surface area (TPSA) is 90.0 Å². The van der Waals surface area contributed by atoms with E-state index in [1.807, 2.05) is 45.0 Å². The number of aryl methyl sites for hydroxylation is 1. The van der Waals surface area contributed by atoms with Gasteiger partial charge in [-0.3, -0.25) is 19.2 Å². The highest BCUT2D eigenvalue weighted by atomic mass is 19.1. The van der Waals surface area contributed by atoms with E-state index in [9.17, 15) is 23.6 Å². The third-order valence-electron chi connectivity index (χ3n) is 7.33. The first kappa shape index (κ1) is 27.3. The summed E-state index contributed by atoms with van der Waals surface area (Å²) in [6.45, 7) is 5.73. The van der Waals surface area contributed by atoms with Crippen molar-refractivity contribution >= 4 is 29.2 Å². The van der Waals surface area contributed by atoms with Gasteiger partial charge < -0.3 is 20.0 Å². The van der Waals surface area contributed by atoms with Crippen molar-refractivity contribution in [3.8, 4) is 0 Å². The first-order chi connectivity index (χ1) is 18.0. The smallest absolute Gasteiger partial charge is 0.254 e. The van der Waals surface area contributed by atoms with Gasteiger partial charge in [-0.05, 0) is 73.7 Å². The van der Waals surface area contributed by atoms with Crippen molar-refractivity contribution in [1.82, 2.24) is 15.1 Å². The number of amides is 3. The van der Waals surface area contributed by atoms with Crippen LogP contribution in [0.5, 0.6) is 0 Å². The van der Waals surface area contributed by atoms with E-state index >= 15 is 0 Å². The minimum Gasteiger partial charge on any atom is -0.378 e. The molecule has 202 valence electrons. The summed E-state index contributed by atoms with van der Waals surface area (Å²) < 4.78 is 13.7. The zero-order chi connectivity index (χ0) is 27.7. The summed E-state index contributed by atoms with van der Waals surface area (Å²) in [6.07, 6.45) is 0.877. The Bertz CT molecular complexity index is 1240. The van der Waals surface area contributed by atoms with E-state index < -0.39 is 23.9 Å². The number of likely N-dealkylation sites (tertiary alicyclic amines) is 2. The second kappa shape index (κ2) is 10.9. The fourth-order valence-electron chi connectivity index (χ4n) is 5.33. The summed E-state index contributed by atoms with van der Waals surface area (Å²) in [5.41, 5.74) is 2.06. The number of fused-ring (bicyclic) bond motifs is 1. The van der Waals surface area contributed by atoms with Crippen LogP contribution in [-0.4, -0.2) is 78.6 Å². The molecule has 2 aliphatic rings. The lowest BCUT2D eigenvalue weighted by Gasteiger charge is -2.29. The molecule has 0 saturated carbocycles. The van der Waals surface area contributed by atoms with E-state index in [4.69, 9.17) is 0 Å². The largest absolute Gasteiger partial charge is 0.378 e. The van der Waals surface area contributed by atoms with Gasteiger partial charge in [-0.2, -0.15) is 0 Å². The van der Waals surface area contributed by atoms with Gasteiger partial charge in [0.15, 0.2) is 5.78 Å². The minimum atomic E-state index is -0.799. The van der Waals surface area contributed by atoms with Gasteiger partial charge >= 0.3 is 0 Å². The Morgan fingerprint density at radius 1 is 1.05 bits per heavy atom. The Morgan fingerprint density at radius 2 is 1.71 bits per heavy atom. The predicted molar refractivity (Wildman–Crippen MR) is 143 cm³/mol. The Hall–Kier alpha value is -3.75. The van der Waals surface area contributed by atoms with Gasteiger partial charge in [0, 0.05) is 37.5 Å². The van der Waals surface area contributed by atoms with Gasteiger partial charge in [-0.15, -0.1) is 0 Å². The highest BCUT2D eigenvalue weighted by Gasteiger charge is 2.52. The van der Waals surface area contributed by atoms with Gasteiger partial charge in [0.25, 0.3) is 11.8 Å². The van der Waals surface area contributed by atoms with Crippen LogP contribution >= 0.6 is 0 Å². The maximum Gasteiger partial charge on any atom is 0.254 e. The van der Waals surface area contributed by atoms with Crippen molar-refractivity contribution in [2.24, 2.45) is 5.92 Å². The second-order valence-corrected chi connectivity index (χ2v) is 10.8. The lowest BCUT2D eigenvalue weighted by atomic mass is 10.0. The second-order valence-electron chi connectivity index (χ2n) is 10.8. The zero-order valence-corrected chi connectivity index (χ0v) is 22.5. The van der Waals surface area contributed by atoms with Crippen molar-refractivity contribution in [2.45, 2.75) is 51.7 Å². The third kappa shape index (κ3) is 5.42. The molecule has 0 radical (unpaired) electrons. The zero-order valence-electron chi connectivity index (χ0n) is 22.5. The first-order valence-electron chi connectivity index (χ1n) is 13.0. The number of halogens is 1. The number of hydrogen-bond donors (Lipinski definition) is 1. The fraction of sp³-hybridized carbons (Fsp3) is 0.448. The van der Waals surface area contributed by atoms with Gasteiger partial charge in [0.05, 0.1) is 12.6 Å². The molecule has 0 spiro atoms. The third-order valence-corrected chi connectivity index (χ3v) is 7.33. The van der Waals surface area contributed by atoms with Crippen LogP contribution in [-0.2, 0) is 9.59 Å². The predicted octanol–water partition coefficient (Wildman–Crippen LogP) is 3.04. The molecule has 2 aromatic carbocycles. The number of hydrogen-bond acceptors (Lipinski definition) is 5. The summed E-state index contributed by atoms with van der Waals surface area (Å²) in [4.78, 5) is 58.0. The standard InChI is InChI=1S/C29H35FN4O4/c1-17(2)14-23(31-27(36)19-6-9-21(10-7-19)32(4)5)29(38)33-13-12-24-26(33)25(35)16-34(24)28(37)20-8-11-22(30)18(3)15-20/h6-11,15,17,23-24,26H,12-14,16H2,1-5H3,(H,31,36)/t23?,24-,26?/m1/s1. The molecular formula is C29H35FN4O4. The molecule has 3 amide bonds. The maximum absolute atomic E-state index is 13.7. The van der Waals surface area contributed by atoms with Crippen LogP contribution < -0.4 is 10.2 Å². The molecule has 2 unspecified atom stereocenters. The molecule has 3 atom stereocenters. The molecular weight excluding hydrogens is 487 g/mol. The number of carbonyl (C=O) groups excluding carboxylic acids is 4. The van der Waals surface area contributed by atoms with Crippen LogP contribution in [0.25, 0.3) is 0 Å². The molecule has 2 aliphatic heterocycles. The van der Waals surface area contributed by atoms with Gasteiger partial charge in [0.1, 0.15) is 17.9 Å². The number of benzene rings is 2. The first-order valence-corrected chi connectivity index (χ1v) is 13.0. The van der Waals surface area contributed by atoms with Crippen molar-refractivity contribution in [3.63, 3.8) is 0 Å². The van der Waals surface area contributed by atoms with E-state index in [2.05, 4.69) is 5.32 Å². The summed E-state index contributed by atoms with van der Waals surface area (Å²) in [5.74, 6) is -1.51. The van der Waals surface area contributed by atoms with E-state index in [-0.39, 0.29) is 36.0 Å². The normalized spacial score (nSPS) is 19.5. The SMILES string of the molecule is Cc1cc(C(=O)N2CC(=O)C3[C@H]2CCN3C(=O)C(CC(C)C)NC(=O)c2ccc(N(C)C)cc2)ccc1F. The molecule has 0 aromatic heterocycles. The molecule has 4 rings (SSSR count). The molecule has 9 heteroatoms. The molecule has 2 fully saturated rings. The van der Waals surface area contributed by atoms with Crippen molar-refractivity contribution in [3.05, 3.63) is 65.0 Å². The highest BCUT2D eigenvalue weighted by Crippen LogP contribution is 2.32. The summed E-state index contributed by atoms with van der Waals surface area (Å²) in [7, 11) is 3.82. The van der Waals surface area contributed by atoms with Crippen LogP contribution in [0.15, 0.2) is 42.5 Å². The average molecular weight is 523 g/mol. The van der Waals surface area contributed by atoms with Crippen LogP contribution in [0.4, 0.5) is 10.1 Å². The molecule has 0 aliphatic carbocycles. The fourth-order valence-corrected chi connectivity index (χ4v) is 5.33. The summed E-state index contributed by atoms with van der Waals surface area (Å²) in [5, 5.41) is 2.88. The molecule has 38 heavy (non-hydrogen) atoms. The molecule has 1 N–H and O–H groups in total. The number of Topliss-reactive ketones (excluding diaryl/α,β-unsaturated/α-hetero) is 1. The van der Waals surface area contributed by atoms with E-state index in [0.29, 0.717) is 36.1 Å². The van der Waals surface area contributed by atoms with Gasteiger partial charge in [-0.25, -0.2) is 4.39 Å². The Kier molecular flexibility index (Phi) is 7.85. The molecule has 2 aromatic rings. The summed E-state index contributed by atoms with van der Waals surface area (Å²) in [6, 6.07) is 9.25. The van der Waals surface area contributed by atoms with Crippen LogP contribution in [0.2, 0.25) is 0 Å². The number of ketones is 1. The number of nitrogens with zero attached hydrogens (tertiary/aromatic N) is 3. The van der Waals surface area contributed by atoms with Gasteiger partial charge in [-0.1, -0.05) is 13.8 Å². The van der Waals surface area contributed by atoms with Crippen LogP contribution in [0.1, 0.15) is 53.0 Å². The molecule has 2 saturated heterocycles. The van der Waals surface area contributed by atoms with E-state index in [0.717, 1.165) is 5.69 Å². The minimum absolute atomic E-state index is 0.103. The van der Waals surface area contributed by atoms with Crippen molar-refractivity contribution in [1.29, 1.82) is 0 Å². The maximum atomic E-state index is 13.7. The number of rotatable bonds is 7. The Balaban J connectivity index is 1.50. The molecule has 0 bridgehead atoms. The quantitative estimate of drug-likeness (QED) is 0.604. The Morgan fingerprint density at radius 3 is 2.32 bits per heavy atom. The van der Waals surface area contributed by atoms with Gasteiger partial charge in [0.2, 0.25) is 5.91 Å². The van der Waals surface area contributed by atoms with Crippen molar-refractivity contribution in [2.75, 3.05) is 32.1 Å². The number of nitrogens with one attached hydrogen (secondary N) is 1. The average Bonchev–Trinajstić information content (AvgIpc) is 3.45. The lowest BCUT2D eigenvalue weighted by Crippen LogP contribution is -2.53. The van der Waals surface area contributed by atoms with E-state index in [1.165, 1.54) is 28.0 Å². The van der Waals surface area contributed by atoms with E-state index in [1.54, 1.807) is 19.1 Å². The summed E-state index contributed by atoms with van der Waals surface area (Å²) >= 11 is 0. The number of carbonyl (C=O) groups is 4. The monoisotopic (exact) mass is 522 g/mol. The van der Waals surface area contributed by atoms with Crippen LogP contribution in [0.3, 0.4) is 0 Å². The highest BCUT2D eigenvalue weighted by molar-refractivity contribution is 6.03. The molecule has 2 heterocycles. The van der Waals surface area contributed by atoms with Crippen LogP contribution in [0, 0.1) is 18.7 Å². The number of anilines is 1. The molecule has 8 nitrogen and oxygen atoms in total. The van der Waals surface area contributed by atoms with Crippen molar-refractivity contribution < 1.29 is 23.6 Å². The Labute approximate surface area is 222 Å².